The van der Waals surface area contributed by atoms with E-state index in [1.807, 2.05) is 30.3 Å². The molecule has 0 saturated heterocycles. The van der Waals surface area contributed by atoms with Crippen molar-refractivity contribution in [1.82, 2.24) is 0 Å². The van der Waals surface area contributed by atoms with Crippen molar-refractivity contribution in [3.8, 4) is 0 Å². The van der Waals surface area contributed by atoms with Crippen LogP contribution in [-0.2, 0) is 6.54 Å². The SMILES string of the molecule is Fc1cc(CNc2ccc(I)cc2)ccc1Br. The second-order valence-corrected chi connectivity index (χ2v) is 5.71. The molecule has 17 heavy (non-hydrogen) atoms. The highest BCUT2D eigenvalue weighted by atomic mass is 127. The van der Waals surface area contributed by atoms with Crippen LogP contribution in [0, 0.1) is 9.39 Å². The molecule has 88 valence electrons. The van der Waals surface area contributed by atoms with Crippen molar-refractivity contribution in [2.75, 3.05) is 5.32 Å². The predicted molar refractivity (Wildman–Crippen MR) is 80.6 cm³/mol. The maximum Gasteiger partial charge on any atom is 0.137 e. The molecule has 2 aromatic rings. The minimum absolute atomic E-state index is 0.230. The normalized spacial score (nSPS) is 10.3. The maximum absolute atomic E-state index is 13.3. The molecule has 2 rings (SSSR count). The van der Waals surface area contributed by atoms with Crippen molar-refractivity contribution in [3.63, 3.8) is 0 Å². The molecule has 0 aliphatic heterocycles. The van der Waals surface area contributed by atoms with E-state index in [1.54, 1.807) is 6.07 Å². The Morgan fingerprint density at radius 1 is 1.12 bits per heavy atom. The van der Waals surface area contributed by atoms with Crippen LogP contribution in [0.2, 0.25) is 0 Å². The Labute approximate surface area is 122 Å². The largest absolute Gasteiger partial charge is 0.381 e. The molecule has 0 spiro atoms. The Bertz CT molecular complexity index is 513. The predicted octanol–water partition coefficient (Wildman–Crippen LogP) is 4.80. The number of hydrogen-bond acceptors (Lipinski definition) is 1. The van der Waals surface area contributed by atoms with Gasteiger partial charge in [0, 0.05) is 15.8 Å². The summed E-state index contributed by atoms with van der Waals surface area (Å²) in [5, 5.41) is 3.25. The average Bonchev–Trinajstić information content (AvgIpc) is 2.33. The summed E-state index contributed by atoms with van der Waals surface area (Å²) in [6, 6.07) is 13.2. The zero-order chi connectivity index (χ0) is 12.3. The topological polar surface area (TPSA) is 12.0 Å². The van der Waals surface area contributed by atoms with Crippen LogP contribution in [0.3, 0.4) is 0 Å². The molecule has 0 aliphatic carbocycles. The van der Waals surface area contributed by atoms with Gasteiger partial charge in [-0.25, -0.2) is 4.39 Å². The van der Waals surface area contributed by atoms with E-state index < -0.39 is 0 Å². The molecule has 0 aliphatic rings. The lowest BCUT2D eigenvalue weighted by Crippen LogP contribution is -1.99. The molecule has 2 aromatic carbocycles. The minimum Gasteiger partial charge on any atom is -0.381 e. The molecular weight excluding hydrogens is 396 g/mol. The molecule has 0 radical (unpaired) electrons. The Morgan fingerprint density at radius 2 is 1.82 bits per heavy atom. The molecule has 0 saturated carbocycles. The monoisotopic (exact) mass is 405 g/mol. The summed E-state index contributed by atoms with van der Waals surface area (Å²) in [5.41, 5.74) is 1.96. The highest BCUT2D eigenvalue weighted by molar-refractivity contribution is 14.1. The number of nitrogens with one attached hydrogen (secondary N) is 1. The molecule has 0 amide bonds. The standard InChI is InChI=1S/C13H10BrFIN/c14-12-6-1-9(7-13(12)15)8-17-11-4-2-10(16)3-5-11/h1-7,17H,8H2. The second kappa shape index (κ2) is 5.82. The van der Waals surface area contributed by atoms with Crippen LogP contribution in [0.25, 0.3) is 0 Å². The number of halogens is 3. The zero-order valence-electron chi connectivity index (χ0n) is 8.88. The first-order chi connectivity index (χ1) is 8.15. The highest BCUT2D eigenvalue weighted by Gasteiger charge is 2.00. The van der Waals surface area contributed by atoms with Crippen LogP contribution in [0.4, 0.5) is 10.1 Å². The van der Waals surface area contributed by atoms with E-state index in [4.69, 9.17) is 0 Å². The van der Waals surface area contributed by atoms with Crippen LogP contribution in [0.1, 0.15) is 5.56 Å². The summed E-state index contributed by atoms with van der Waals surface area (Å²) in [5.74, 6) is -0.230. The van der Waals surface area contributed by atoms with Crippen LogP contribution >= 0.6 is 38.5 Å². The third-order valence-electron chi connectivity index (χ3n) is 2.32. The van der Waals surface area contributed by atoms with Gasteiger partial charge in [0.05, 0.1) is 4.47 Å². The van der Waals surface area contributed by atoms with Gasteiger partial charge in [0.25, 0.3) is 0 Å². The Hall–Kier alpha value is -0.620. The smallest absolute Gasteiger partial charge is 0.137 e. The highest BCUT2D eigenvalue weighted by Crippen LogP contribution is 2.17. The van der Waals surface area contributed by atoms with E-state index in [1.165, 1.54) is 9.64 Å². The summed E-state index contributed by atoms with van der Waals surface area (Å²) in [6.07, 6.45) is 0. The van der Waals surface area contributed by atoms with Gasteiger partial charge < -0.3 is 5.32 Å². The van der Waals surface area contributed by atoms with Gasteiger partial charge in [-0.15, -0.1) is 0 Å². The molecule has 0 bridgehead atoms. The molecule has 0 aromatic heterocycles. The summed E-state index contributed by atoms with van der Waals surface area (Å²) in [7, 11) is 0. The first-order valence-corrected chi connectivity index (χ1v) is 6.96. The minimum atomic E-state index is -0.230. The third kappa shape index (κ3) is 3.67. The molecule has 0 fully saturated rings. The van der Waals surface area contributed by atoms with Crippen LogP contribution in [0.15, 0.2) is 46.9 Å². The second-order valence-electron chi connectivity index (χ2n) is 3.61. The van der Waals surface area contributed by atoms with Gasteiger partial charge in [-0.3, -0.25) is 0 Å². The summed E-state index contributed by atoms with van der Waals surface area (Å²) < 4.78 is 15.0. The van der Waals surface area contributed by atoms with Crippen molar-refractivity contribution >= 4 is 44.2 Å². The number of benzene rings is 2. The van der Waals surface area contributed by atoms with Crippen molar-refractivity contribution in [3.05, 3.63) is 61.9 Å². The van der Waals surface area contributed by atoms with Crippen molar-refractivity contribution < 1.29 is 4.39 Å². The van der Waals surface area contributed by atoms with Gasteiger partial charge >= 0.3 is 0 Å². The fourth-order valence-corrected chi connectivity index (χ4v) is 2.03. The fourth-order valence-electron chi connectivity index (χ4n) is 1.42. The van der Waals surface area contributed by atoms with Crippen molar-refractivity contribution in [2.45, 2.75) is 6.54 Å². The Balaban J connectivity index is 2.02. The first-order valence-electron chi connectivity index (χ1n) is 5.08. The lowest BCUT2D eigenvalue weighted by atomic mass is 10.2. The first kappa shape index (κ1) is 12.8. The third-order valence-corrected chi connectivity index (χ3v) is 3.69. The lowest BCUT2D eigenvalue weighted by Gasteiger charge is -2.07. The molecular formula is C13H10BrFIN. The zero-order valence-corrected chi connectivity index (χ0v) is 12.6. The molecule has 0 unspecified atom stereocenters. The molecule has 4 heteroatoms. The van der Waals surface area contributed by atoms with E-state index in [2.05, 4.69) is 43.8 Å². The van der Waals surface area contributed by atoms with E-state index in [0.29, 0.717) is 11.0 Å². The molecule has 1 nitrogen and oxygen atoms in total. The fraction of sp³-hybridized carbons (Fsp3) is 0.0769. The van der Waals surface area contributed by atoms with Crippen LogP contribution < -0.4 is 5.32 Å². The van der Waals surface area contributed by atoms with E-state index in [0.717, 1.165) is 11.3 Å². The molecule has 0 atom stereocenters. The molecule has 0 heterocycles. The van der Waals surface area contributed by atoms with Crippen molar-refractivity contribution in [1.29, 1.82) is 0 Å². The van der Waals surface area contributed by atoms with E-state index in [-0.39, 0.29) is 5.82 Å². The van der Waals surface area contributed by atoms with Gasteiger partial charge in [-0.2, -0.15) is 0 Å². The van der Waals surface area contributed by atoms with Gasteiger partial charge in [0.15, 0.2) is 0 Å². The maximum atomic E-state index is 13.3. The summed E-state index contributed by atoms with van der Waals surface area (Å²) in [6.45, 7) is 0.616. The summed E-state index contributed by atoms with van der Waals surface area (Å²) >= 11 is 5.40. The Morgan fingerprint density at radius 3 is 2.47 bits per heavy atom. The van der Waals surface area contributed by atoms with E-state index >= 15 is 0 Å². The van der Waals surface area contributed by atoms with Crippen LogP contribution in [-0.4, -0.2) is 0 Å². The number of hydrogen-bond donors (Lipinski definition) is 1. The Kier molecular flexibility index (Phi) is 4.39. The van der Waals surface area contributed by atoms with Gasteiger partial charge in [0.1, 0.15) is 5.82 Å². The molecule has 1 N–H and O–H groups in total. The quantitative estimate of drug-likeness (QED) is 0.723. The average molecular weight is 406 g/mol. The van der Waals surface area contributed by atoms with Gasteiger partial charge in [-0.05, 0) is 80.5 Å². The van der Waals surface area contributed by atoms with E-state index in [9.17, 15) is 4.39 Å². The summed E-state index contributed by atoms with van der Waals surface area (Å²) in [4.78, 5) is 0. The van der Waals surface area contributed by atoms with Gasteiger partial charge in [-0.1, -0.05) is 6.07 Å². The van der Waals surface area contributed by atoms with Gasteiger partial charge in [0.2, 0.25) is 0 Å². The lowest BCUT2D eigenvalue weighted by molar-refractivity contribution is 0.619. The van der Waals surface area contributed by atoms with Crippen molar-refractivity contribution in [2.24, 2.45) is 0 Å². The number of rotatable bonds is 3. The number of anilines is 1. The van der Waals surface area contributed by atoms with Crippen LogP contribution in [0.5, 0.6) is 0 Å².